The molecule has 2 atom stereocenters. The first-order valence-corrected chi connectivity index (χ1v) is 13.3. The van der Waals surface area contributed by atoms with Crippen LogP contribution in [0.15, 0.2) is 83.3 Å². The number of benzene rings is 1. The number of dihydropyridines is 1. The van der Waals surface area contributed by atoms with Crippen molar-refractivity contribution in [2.45, 2.75) is 39.2 Å². The second-order valence-electron chi connectivity index (χ2n) is 9.45. The number of amides is 1. The van der Waals surface area contributed by atoms with E-state index in [9.17, 15) is 14.4 Å². The van der Waals surface area contributed by atoms with Gasteiger partial charge in [-0.25, -0.2) is 4.79 Å². The molecular weight excluding hydrogens is 492 g/mol. The zero-order valence-electron chi connectivity index (χ0n) is 22.5. The van der Waals surface area contributed by atoms with E-state index in [1.54, 1.807) is 24.0 Å². The number of terminal acetylenes is 1. The van der Waals surface area contributed by atoms with Crippen LogP contribution in [-0.2, 0) is 19.1 Å². The van der Waals surface area contributed by atoms with Crippen LogP contribution in [0.1, 0.15) is 55.1 Å². The van der Waals surface area contributed by atoms with Crippen molar-refractivity contribution in [1.82, 2.24) is 10.2 Å². The second kappa shape index (κ2) is 12.6. The molecule has 1 N–H and O–H groups in total. The zero-order chi connectivity index (χ0) is 27.9. The summed E-state index contributed by atoms with van der Waals surface area (Å²) < 4.78 is 11.5. The molecule has 202 valence electrons. The van der Waals surface area contributed by atoms with E-state index in [1.807, 2.05) is 43.4 Å². The Bertz CT molecular complexity index is 1340. The number of allylic oxidation sites excluding steroid dienone is 7. The van der Waals surface area contributed by atoms with Gasteiger partial charge in [-0.05, 0) is 43.9 Å². The topological polar surface area (TPSA) is 84.9 Å². The monoisotopic (exact) mass is 526 g/mol. The second-order valence-corrected chi connectivity index (χ2v) is 9.45. The normalized spacial score (nSPS) is 21.1. The highest BCUT2D eigenvalue weighted by Gasteiger charge is 2.40. The van der Waals surface area contributed by atoms with Gasteiger partial charge in [-0.3, -0.25) is 9.59 Å². The number of esters is 1. The first kappa shape index (κ1) is 27.9. The van der Waals surface area contributed by atoms with Gasteiger partial charge in [-0.2, -0.15) is 0 Å². The molecule has 1 aromatic rings. The van der Waals surface area contributed by atoms with Crippen LogP contribution in [0.3, 0.4) is 0 Å². The molecule has 7 heteroatoms. The van der Waals surface area contributed by atoms with E-state index < -0.39 is 17.9 Å². The van der Waals surface area contributed by atoms with Crippen molar-refractivity contribution in [3.05, 3.63) is 94.4 Å². The minimum atomic E-state index is -0.596. The van der Waals surface area contributed by atoms with E-state index in [4.69, 9.17) is 15.9 Å². The minimum Gasteiger partial charge on any atom is -0.463 e. The molecule has 7 nitrogen and oxygen atoms in total. The quantitative estimate of drug-likeness (QED) is 0.208. The molecular formula is C32H34N2O5. The van der Waals surface area contributed by atoms with Crippen LogP contribution in [0.5, 0.6) is 0 Å². The summed E-state index contributed by atoms with van der Waals surface area (Å²) in [6, 6.07) is 6.89. The zero-order valence-corrected chi connectivity index (χ0v) is 22.5. The number of ether oxygens (including phenoxy) is 2. The first-order chi connectivity index (χ1) is 19.0. The van der Waals surface area contributed by atoms with Crippen molar-refractivity contribution in [2.75, 3.05) is 26.4 Å². The van der Waals surface area contributed by atoms with Crippen LogP contribution >= 0.6 is 0 Å². The first-order valence-electron chi connectivity index (χ1n) is 13.3. The molecule has 0 aromatic heterocycles. The summed E-state index contributed by atoms with van der Waals surface area (Å²) in [6.45, 7) is 8.22. The minimum absolute atomic E-state index is 0.0161. The molecule has 0 fully saturated rings. The van der Waals surface area contributed by atoms with E-state index in [0.717, 1.165) is 23.3 Å². The third-order valence-corrected chi connectivity index (χ3v) is 7.10. The Kier molecular flexibility index (Phi) is 9.00. The van der Waals surface area contributed by atoms with Crippen molar-refractivity contribution in [3.63, 3.8) is 0 Å². The molecule has 1 amide bonds. The summed E-state index contributed by atoms with van der Waals surface area (Å²) in [5, 5.41) is 3.34. The fourth-order valence-electron chi connectivity index (χ4n) is 5.49. The Morgan fingerprint density at radius 2 is 2.08 bits per heavy atom. The number of Topliss-reactive ketones (excluding diaryl/α,β-unsaturated/α-hetero) is 1. The van der Waals surface area contributed by atoms with Gasteiger partial charge < -0.3 is 19.7 Å². The van der Waals surface area contributed by atoms with E-state index >= 15 is 0 Å². The molecule has 1 aromatic carbocycles. The molecule has 39 heavy (non-hydrogen) atoms. The molecule has 1 aliphatic carbocycles. The number of hydrogen-bond acceptors (Lipinski definition) is 6. The predicted octanol–water partition coefficient (Wildman–Crippen LogP) is 4.57. The average molecular weight is 527 g/mol. The van der Waals surface area contributed by atoms with E-state index in [2.05, 4.69) is 17.8 Å². The number of hydrogen-bond donors (Lipinski definition) is 1. The average Bonchev–Trinajstić information content (AvgIpc) is 3.21. The largest absolute Gasteiger partial charge is 0.463 e. The predicted molar refractivity (Wildman–Crippen MR) is 149 cm³/mol. The van der Waals surface area contributed by atoms with Gasteiger partial charge in [0.2, 0.25) is 0 Å². The summed E-state index contributed by atoms with van der Waals surface area (Å²) in [5.74, 6) is 1.50. The van der Waals surface area contributed by atoms with Gasteiger partial charge in [0.15, 0.2) is 5.78 Å². The molecule has 2 unspecified atom stereocenters. The number of rotatable bonds is 10. The van der Waals surface area contributed by atoms with E-state index in [-0.39, 0.29) is 31.5 Å². The Labute approximate surface area is 229 Å². The Hall–Kier alpha value is -4.15. The van der Waals surface area contributed by atoms with E-state index in [0.29, 0.717) is 41.8 Å². The molecule has 3 aliphatic rings. The highest BCUT2D eigenvalue weighted by atomic mass is 16.5. The maximum Gasteiger partial charge on any atom is 0.336 e. The molecule has 0 radical (unpaired) electrons. The van der Waals surface area contributed by atoms with Gasteiger partial charge in [-0.1, -0.05) is 55.0 Å². The highest BCUT2D eigenvalue weighted by molar-refractivity contribution is 6.03. The maximum absolute atomic E-state index is 13.3. The maximum atomic E-state index is 13.3. The smallest absolute Gasteiger partial charge is 0.336 e. The summed E-state index contributed by atoms with van der Waals surface area (Å²) in [5.41, 5.74) is 4.50. The fourth-order valence-corrected chi connectivity index (χ4v) is 5.49. The highest BCUT2D eigenvalue weighted by Crippen LogP contribution is 2.41. The number of ketones is 1. The molecule has 0 saturated heterocycles. The van der Waals surface area contributed by atoms with Crippen LogP contribution < -0.4 is 5.32 Å². The Morgan fingerprint density at radius 1 is 1.28 bits per heavy atom. The lowest BCUT2D eigenvalue weighted by atomic mass is 9.74. The standard InChI is InChI=1S/C32H34N2O5/c1-5-12-21(13-6-2)28-29-24(16-11-17-27(29)35)33-25(30(28)32(37)39-8-4)20-38-19-18-34-26(7-3)22-14-9-10-15-23(22)31(34)36/h3,5-6,9-10,12-15,26,28,33H,1,8,11,16-20H2,2,4H3/b13-6-,21-12+. The van der Waals surface area contributed by atoms with Crippen LogP contribution in [0.2, 0.25) is 0 Å². The van der Waals surface area contributed by atoms with Gasteiger partial charge >= 0.3 is 5.97 Å². The van der Waals surface area contributed by atoms with Crippen molar-refractivity contribution >= 4 is 17.7 Å². The molecule has 0 saturated carbocycles. The number of carbonyl (C=O) groups excluding carboxylic acids is 3. The SMILES string of the molecule is C#CC1c2ccccc2C(=O)N1CCOCC1=C(C(=O)OCC)C(C(/C=C\C)=C/C=C)C2=C(CCCC2=O)N1. The molecule has 2 heterocycles. The lowest BCUT2D eigenvalue weighted by Crippen LogP contribution is -2.38. The van der Waals surface area contributed by atoms with Crippen molar-refractivity contribution in [3.8, 4) is 12.3 Å². The third kappa shape index (κ3) is 5.52. The number of nitrogens with zero attached hydrogens (tertiary/aromatic N) is 1. The fraction of sp³-hybridized carbons (Fsp3) is 0.344. The van der Waals surface area contributed by atoms with Crippen molar-refractivity contribution in [2.24, 2.45) is 5.92 Å². The van der Waals surface area contributed by atoms with Gasteiger partial charge in [0.25, 0.3) is 5.91 Å². The van der Waals surface area contributed by atoms with Crippen molar-refractivity contribution in [1.29, 1.82) is 0 Å². The van der Waals surface area contributed by atoms with Crippen LogP contribution in [-0.4, -0.2) is 48.9 Å². The van der Waals surface area contributed by atoms with Gasteiger partial charge in [0.1, 0.15) is 6.04 Å². The number of nitrogens with one attached hydrogen (secondary N) is 1. The lowest BCUT2D eigenvalue weighted by molar-refractivity contribution is -0.139. The summed E-state index contributed by atoms with van der Waals surface area (Å²) in [4.78, 5) is 41.0. The van der Waals surface area contributed by atoms with Gasteiger partial charge in [-0.15, -0.1) is 6.42 Å². The summed E-state index contributed by atoms with van der Waals surface area (Å²) in [6.07, 6.45) is 14.8. The molecule has 0 spiro atoms. The number of fused-ring (bicyclic) bond motifs is 1. The molecule has 4 rings (SSSR count). The molecule has 2 aliphatic heterocycles. The number of carbonyl (C=O) groups is 3. The third-order valence-electron chi connectivity index (χ3n) is 7.10. The van der Waals surface area contributed by atoms with Crippen LogP contribution in [0.4, 0.5) is 0 Å². The van der Waals surface area contributed by atoms with Gasteiger partial charge in [0.05, 0.1) is 31.1 Å². The molecule has 0 bridgehead atoms. The lowest BCUT2D eigenvalue weighted by Gasteiger charge is -2.35. The summed E-state index contributed by atoms with van der Waals surface area (Å²) >= 11 is 0. The Balaban J connectivity index is 1.61. The van der Waals surface area contributed by atoms with Gasteiger partial charge in [0, 0.05) is 35.7 Å². The van der Waals surface area contributed by atoms with Crippen LogP contribution in [0, 0.1) is 18.3 Å². The Morgan fingerprint density at radius 3 is 2.79 bits per heavy atom. The van der Waals surface area contributed by atoms with Crippen molar-refractivity contribution < 1.29 is 23.9 Å². The van der Waals surface area contributed by atoms with Crippen LogP contribution in [0.25, 0.3) is 0 Å². The van der Waals surface area contributed by atoms with E-state index in [1.165, 1.54) is 0 Å². The summed E-state index contributed by atoms with van der Waals surface area (Å²) in [7, 11) is 0.